The molecule has 2 aromatic heterocycles. The van der Waals surface area contributed by atoms with E-state index in [1.807, 2.05) is 0 Å². The van der Waals surface area contributed by atoms with Crippen molar-refractivity contribution in [3.8, 4) is 17.0 Å². The number of hydrogen-bond donors (Lipinski definition) is 0. The zero-order valence-corrected chi connectivity index (χ0v) is 13.7. The first-order chi connectivity index (χ1) is 12.2. The fourth-order valence-electron chi connectivity index (χ4n) is 3.22. The van der Waals surface area contributed by atoms with Crippen molar-refractivity contribution < 1.29 is 22.3 Å². The zero-order chi connectivity index (χ0) is 18.5. The van der Waals surface area contributed by atoms with Gasteiger partial charge in [-0.25, -0.2) is 4.39 Å². The van der Waals surface area contributed by atoms with E-state index >= 15 is 0 Å². The molecule has 136 valence electrons. The molecule has 2 heterocycles. The van der Waals surface area contributed by atoms with Crippen LogP contribution in [0.3, 0.4) is 0 Å². The largest absolute Gasteiger partial charge is 0.573 e. The molecule has 0 atom stereocenters. The summed E-state index contributed by atoms with van der Waals surface area (Å²) in [5, 5.41) is 8.17. The second-order valence-corrected chi connectivity index (χ2v) is 6.65. The minimum Gasteiger partial charge on any atom is -0.406 e. The molecule has 0 bridgehead atoms. The van der Waals surface area contributed by atoms with Crippen molar-refractivity contribution in [1.82, 2.24) is 19.6 Å². The van der Waals surface area contributed by atoms with Gasteiger partial charge in [0.05, 0.1) is 11.9 Å². The maximum atomic E-state index is 13.8. The normalized spacial score (nSPS) is 23.0. The van der Waals surface area contributed by atoms with Gasteiger partial charge in [-0.2, -0.15) is 0 Å². The van der Waals surface area contributed by atoms with Gasteiger partial charge in [-0.15, -0.1) is 23.4 Å². The molecule has 1 aliphatic rings. The van der Waals surface area contributed by atoms with Crippen LogP contribution in [0.2, 0.25) is 0 Å². The summed E-state index contributed by atoms with van der Waals surface area (Å²) < 4.78 is 56.1. The molecule has 1 fully saturated rings. The highest BCUT2D eigenvalue weighted by atomic mass is 19.4. The molecule has 0 saturated heterocycles. The number of hydrogen-bond acceptors (Lipinski definition) is 4. The van der Waals surface area contributed by atoms with E-state index in [1.165, 1.54) is 30.5 Å². The second kappa shape index (κ2) is 5.65. The van der Waals surface area contributed by atoms with Crippen LogP contribution in [0.1, 0.15) is 31.5 Å². The quantitative estimate of drug-likeness (QED) is 0.649. The third kappa shape index (κ3) is 3.21. The molecule has 3 aromatic rings. The summed E-state index contributed by atoms with van der Waals surface area (Å²) >= 11 is 0. The first-order valence-electron chi connectivity index (χ1n) is 7.96. The second-order valence-electron chi connectivity index (χ2n) is 6.65. The Labute approximate surface area is 145 Å². The topological polar surface area (TPSA) is 52.3 Å². The summed E-state index contributed by atoms with van der Waals surface area (Å²) in [6.45, 7) is 1.56. The summed E-state index contributed by atoms with van der Waals surface area (Å²) in [4.78, 5) is 4.27. The first kappa shape index (κ1) is 16.7. The molecule has 1 aromatic carbocycles. The number of fused-ring (bicyclic) bond motifs is 1. The predicted octanol–water partition coefficient (Wildman–Crippen LogP) is 4.30. The molecule has 5 nitrogen and oxygen atoms in total. The number of nitrogens with zero attached hydrogens (tertiary/aromatic N) is 4. The molecular weight excluding hydrogens is 352 g/mol. The van der Waals surface area contributed by atoms with Crippen LogP contribution in [-0.2, 0) is 0 Å². The molecule has 0 aliphatic heterocycles. The van der Waals surface area contributed by atoms with Crippen molar-refractivity contribution in [1.29, 1.82) is 0 Å². The van der Waals surface area contributed by atoms with Crippen LogP contribution in [0.5, 0.6) is 5.75 Å². The van der Waals surface area contributed by atoms with Crippen LogP contribution < -0.4 is 4.74 Å². The van der Waals surface area contributed by atoms with Crippen molar-refractivity contribution in [3.05, 3.63) is 42.5 Å². The number of halogens is 4. The third-order valence-corrected chi connectivity index (χ3v) is 4.41. The van der Waals surface area contributed by atoms with E-state index in [1.54, 1.807) is 17.5 Å². The van der Waals surface area contributed by atoms with E-state index in [2.05, 4.69) is 19.9 Å². The van der Waals surface area contributed by atoms with Crippen LogP contribution in [0.15, 0.2) is 36.7 Å². The minimum absolute atomic E-state index is 0.0159. The molecule has 4 rings (SSSR count). The van der Waals surface area contributed by atoms with Crippen molar-refractivity contribution >= 4 is 5.65 Å². The lowest BCUT2D eigenvalue weighted by molar-refractivity contribution is -0.274. The standard InChI is InChI=1S/C17H14F4N4O/c1-16(18)6-11(7-16)15-24-23-14-8-22-13(9-25(14)15)10-2-4-12(5-3-10)26-17(19,20)21/h2-5,8-9,11H,6-7H2,1H3. The number of rotatable bonds is 3. The van der Waals surface area contributed by atoms with E-state index in [0.29, 0.717) is 35.6 Å². The van der Waals surface area contributed by atoms with Crippen molar-refractivity contribution in [2.75, 3.05) is 0 Å². The molecule has 0 N–H and O–H groups in total. The Morgan fingerprint density at radius 1 is 1.15 bits per heavy atom. The molecule has 0 spiro atoms. The van der Waals surface area contributed by atoms with Crippen molar-refractivity contribution in [3.63, 3.8) is 0 Å². The summed E-state index contributed by atoms with van der Waals surface area (Å²) in [6.07, 6.45) is -0.731. The average Bonchev–Trinajstić information content (AvgIpc) is 2.94. The average molecular weight is 366 g/mol. The van der Waals surface area contributed by atoms with E-state index in [9.17, 15) is 17.6 Å². The van der Waals surface area contributed by atoms with Crippen molar-refractivity contribution in [2.45, 2.75) is 37.7 Å². The molecule has 26 heavy (non-hydrogen) atoms. The monoisotopic (exact) mass is 366 g/mol. The zero-order valence-electron chi connectivity index (χ0n) is 13.7. The minimum atomic E-state index is -4.73. The highest BCUT2D eigenvalue weighted by Crippen LogP contribution is 2.46. The Morgan fingerprint density at radius 3 is 2.46 bits per heavy atom. The fraction of sp³-hybridized carbons (Fsp3) is 0.353. The number of ether oxygens (including phenoxy) is 1. The number of aromatic nitrogens is 4. The van der Waals surface area contributed by atoms with Gasteiger partial charge in [-0.1, -0.05) is 0 Å². The van der Waals surface area contributed by atoms with Gasteiger partial charge in [0.15, 0.2) is 5.65 Å². The van der Waals surface area contributed by atoms with Crippen LogP contribution in [0.25, 0.3) is 16.9 Å². The summed E-state index contributed by atoms with van der Waals surface area (Å²) in [5.74, 6) is 0.345. The Kier molecular flexibility index (Phi) is 3.64. The molecule has 9 heteroatoms. The van der Waals surface area contributed by atoms with Crippen LogP contribution >= 0.6 is 0 Å². The van der Waals surface area contributed by atoms with Gasteiger partial charge in [0.1, 0.15) is 17.2 Å². The van der Waals surface area contributed by atoms with E-state index in [4.69, 9.17) is 0 Å². The Bertz CT molecular complexity index is 942. The van der Waals surface area contributed by atoms with Gasteiger partial charge in [-0.05, 0) is 44.0 Å². The summed E-state index contributed by atoms with van der Waals surface area (Å²) in [5.41, 5.74) is 0.512. The van der Waals surface area contributed by atoms with Crippen molar-refractivity contribution in [2.24, 2.45) is 0 Å². The van der Waals surface area contributed by atoms with E-state index in [0.717, 1.165) is 0 Å². The van der Waals surface area contributed by atoms with Gasteiger partial charge in [0.25, 0.3) is 0 Å². The third-order valence-electron chi connectivity index (χ3n) is 4.41. The lowest BCUT2D eigenvalue weighted by atomic mass is 9.73. The number of alkyl halides is 4. The summed E-state index contributed by atoms with van der Waals surface area (Å²) in [6, 6.07) is 5.42. The smallest absolute Gasteiger partial charge is 0.406 e. The van der Waals surface area contributed by atoms with Gasteiger partial charge >= 0.3 is 6.36 Å². The van der Waals surface area contributed by atoms with Gasteiger partial charge in [-0.3, -0.25) is 9.38 Å². The summed E-state index contributed by atoms with van der Waals surface area (Å²) in [7, 11) is 0. The molecule has 1 aliphatic carbocycles. The Morgan fingerprint density at radius 2 is 1.85 bits per heavy atom. The van der Waals surface area contributed by atoms with Gasteiger partial charge in [0, 0.05) is 17.7 Å². The number of benzene rings is 1. The lowest BCUT2D eigenvalue weighted by Gasteiger charge is -2.37. The maximum absolute atomic E-state index is 13.8. The molecule has 0 amide bonds. The van der Waals surface area contributed by atoms with Crippen LogP contribution in [-0.4, -0.2) is 31.6 Å². The van der Waals surface area contributed by atoms with E-state index < -0.39 is 12.0 Å². The van der Waals surface area contributed by atoms with Crippen LogP contribution in [0, 0.1) is 0 Å². The molecule has 1 saturated carbocycles. The fourth-order valence-corrected chi connectivity index (χ4v) is 3.22. The van der Waals surface area contributed by atoms with Gasteiger partial charge < -0.3 is 4.74 Å². The Hall–Kier alpha value is -2.71. The first-order valence-corrected chi connectivity index (χ1v) is 7.96. The van der Waals surface area contributed by atoms with E-state index in [-0.39, 0.29) is 11.7 Å². The SMILES string of the molecule is CC1(F)CC(c2nnc3cnc(-c4ccc(OC(F)(F)F)cc4)cn23)C1. The van der Waals surface area contributed by atoms with Gasteiger partial charge in [0.2, 0.25) is 0 Å². The highest BCUT2D eigenvalue weighted by molar-refractivity contribution is 5.60. The molecule has 0 radical (unpaired) electrons. The van der Waals surface area contributed by atoms with Crippen LogP contribution in [0.4, 0.5) is 17.6 Å². The maximum Gasteiger partial charge on any atom is 0.573 e. The molecular formula is C17H14F4N4O. The lowest BCUT2D eigenvalue weighted by Crippen LogP contribution is -2.36. The highest BCUT2D eigenvalue weighted by Gasteiger charge is 2.43. The Balaban J connectivity index is 1.63. The molecule has 0 unspecified atom stereocenters. The predicted molar refractivity (Wildman–Crippen MR) is 84.4 cm³/mol.